The summed E-state index contributed by atoms with van der Waals surface area (Å²) in [7, 11) is 0. The molecule has 4 fully saturated rings. The quantitative estimate of drug-likeness (QED) is 0.171. The molecule has 37 heavy (non-hydrogen) atoms. The molecule has 0 amide bonds. The molecular weight excluding hydrogens is 460 g/mol. The van der Waals surface area contributed by atoms with Crippen LogP contribution in [0.15, 0.2) is 36.5 Å². The predicted octanol–water partition coefficient (Wildman–Crippen LogP) is 7.84. The number of carbonyl (C=O) groups is 2. The molecule has 4 heteroatoms. The molecule has 0 radical (unpaired) electrons. The van der Waals surface area contributed by atoms with Crippen LogP contribution in [-0.2, 0) is 19.1 Å². The largest absolute Gasteiger partial charge is 0.462 e. The molecule has 5 aliphatic rings. The summed E-state index contributed by atoms with van der Waals surface area (Å²) in [5.74, 6) is 1.76. The van der Waals surface area contributed by atoms with E-state index in [1.54, 1.807) is 12.2 Å². The van der Waals surface area contributed by atoms with Gasteiger partial charge in [-0.05, 0) is 97.7 Å². The second-order valence-electron chi connectivity index (χ2n) is 14.2. The molecule has 0 heterocycles. The van der Waals surface area contributed by atoms with E-state index >= 15 is 0 Å². The first-order valence-electron chi connectivity index (χ1n) is 14.8. The van der Waals surface area contributed by atoms with Crippen LogP contribution in [0.5, 0.6) is 0 Å². The van der Waals surface area contributed by atoms with Gasteiger partial charge in [-0.2, -0.15) is 0 Å². The normalized spacial score (nSPS) is 38.8. The first-order chi connectivity index (χ1) is 17.4. The Labute approximate surface area is 225 Å². The lowest BCUT2D eigenvalue weighted by Gasteiger charge is -2.68. The third-order valence-electron chi connectivity index (χ3n) is 9.93. The van der Waals surface area contributed by atoms with Crippen molar-refractivity contribution in [2.75, 3.05) is 13.2 Å². The van der Waals surface area contributed by atoms with Crippen molar-refractivity contribution in [3.8, 4) is 0 Å². The van der Waals surface area contributed by atoms with Gasteiger partial charge in [-0.15, -0.1) is 0 Å². The number of hydrogen-bond donors (Lipinski definition) is 0. The van der Waals surface area contributed by atoms with E-state index in [2.05, 4.69) is 65.8 Å². The highest BCUT2D eigenvalue weighted by Gasteiger charge is 2.64. The van der Waals surface area contributed by atoms with Crippen LogP contribution < -0.4 is 0 Å². The Balaban J connectivity index is 1.55. The lowest BCUT2D eigenvalue weighted by molar-refractivity contribution is -0.166. The Morgan fingerprint density at radius 3 is 2.00 bits per heavy atom. The zero-order chi connectivity index (χ0) is 26.9. The highest BCUT2D eigenvalue weighted by atomic mass is 16.5. The van der Waals surface area contributed by atoms with Gasteiger partial charge in [0.2, 0.25) is 0 Å². The average Bonchev–Trinajstić information content (AvgIpc) is 2.83. The van der Waals surface area contributed by atoms with Crippen molar-refractivity contribution in [3.63, 3.8) is 0 Å². The third kappa shape index (κ3) is 6.09. The van der Waals surface area contributed by atoms with Crippen molar-refractivity contribution in [3.05, 3.63) is 36.5 Å². The summed E-state index contributed by atoms with van der Waals surface area (Å²) < 4.78 is 10.9. The van der Waals surface area contributed by atoms with Gasteiger partial charge in [0.05, 0.1) is 13.2 Å². The summed E-state index contributed by atoms with van der Waals surface area (Å²) in [6.45, 7) is 13.8. The molecular formula is C33H50O4. The summed E-state index contributed by atoms with van der Waals surface area (Å²) in [4.78, 5) is 24.8. The Hall–Kier alpha value is -1.84. The number of carbonyl (C=O) groups excluding carboxylic acids is 2. The maximum absolute atomic E-state index is 12.5. The van der Waals surface area contributed by atoms with E-state index in [-0.39, 0.29) is 33.6 Å². The van der Waals surface area contributed by atoms with E-state index in [1.807, 2.05) is 0 Å². The van der Waals surface area contributed by atoms with E-state index in [0.29, 0.717) is 25.0 Å². The zero-order valence-corrected chi connectivity index (χ0v) is 24.2. The molecule has 4 nitrogen and oxygen atoms in total. The second kappa shape index (κ2) is 10.7. The summed E-state index contributed by atoms with van der Waals surface area (Å²) in [5, 5.41) is 0. The van der Waals surface area contributed by atoms with Crippen LogP contribution in [0, 0.1) is 45.3 Å². The van der Waals surface area contributed by atoms with Gasteiger partial charge in [0.1, 0.15) is 0 Å². The standard InChI is InChI=1S/C33H50O4/c1-7-32(12-8-11-30(6,22-32)13-9-28(34)36-20-24(2)3)33-18-26-15-27(19-33)17-31(16-26,23-33)14-10-29(35)37-21-25(4)5/h8-11,13-14,24-27H,7,12,15-23H2,1-6H3. The molecule has 0 spiro atoms. The minimum Gasteiger partial charge on any atom is -0.462 e. The van der Waals surface area contributed by atoms with Gasteiger partial charge in [-0.25, -0.2) is 9.59 Å². The highest BCUT2D eigenvalue weighted by Crippen LogP contribution is 2.73. The summed E-state index contributed by atoms with van der Waals surface area (Å²) >= 11 is 0. The van der Waals surface area contributed by atoms with Crippen molar-refractivity contribution in [1.29, 1.82) is 0 Å². The van der Waals surface area contributed by atoms with Crippen LogP contribution in [0.2, 0.25) is 0 Å². The van der Waals surface area contributed by atoms with Crippen molar-refractivity contribution in [1.82, 2.24) is 0 Å². The molecule has 4 saturated carbocycles. The Kier molecular flexibility index (Phi) is 8.17. The van der Waals surface area contributed by atoms with Gasteiger partial charge < -0.3 is 9.47 Å². The van der Waals surface area contributed by atoms with Crippen molar-refractivity contribution >= 4 is 11.9 Å². The van der Waals surface area contributed by atoms with Crippen LogP contribution in [0.3, 0.4) is 0 Å². The molecule has 4 unspecified atom stereocenters. The molecule has 5 rings (SSSR count). The molecule has 5 aliphatic carbocycles. The number of esters is 2. The first-order valence-corrected chi connectivity index (χ1v) is 14.8. The van der Waals surface area contributed by atoms with Gasteiger partial charge in [0.25, 0.3) is 0 Å². The summed E-state index contributed by atoms with van der Waals surface area (Å²) in [6, 6.07) is 0. The van der Waals surface area contributed by atoms with Crippen LogP contribution >= 0.6 is 0 Å². The van der Waals surface area contributed by atoms with Crippen LogP contribution in [-0.4, -0.2) is 25.2 Å². The maximum Gasteiger partial charge on any atom is 0.330 e. The van der Waals surface area contributed by atoms with Gasteiger partial charge in [-0.1, -0.05) is 65.8 Å². The lowest BCUT2D eigenvalue weighted by Crippen LogP contribution is -2.59. The molecule has 206 valence electrons. The number of hydrogen-bond acceptors (Lipinski definition) is 4. The van der Waals surface area contributed by atoms with E-state index < -0.39 is 0 Å². The molecule has 0 saturated heterocycles. The fraction of sp³-hybridized carbons (Fsp3) is 0.758. The smallest absolute Gasteiger partial charge is 0.330 e. The molecule has 0 aromatic rings. The van der Waals surface area contributed by atoms with E-state index in [1.165, 1.54) is 38.5 Å². The first kappa shape index (κ1) is 28.2. The highest BCUT2D eigenvalue weighted by molar-refractivity contribution is 5.82. The van der Waals surface area contributed by atoms with Crippen LogP contribution in [0.4, 0.5) is 0 Å². The minimum atomic E-state index is -0.237. The van der Waals surface area contributed by atoms with Crippen LogP contribution in [0.1, 0.15) is 99.3 Å². The lowest BCUT2D eigenvalue weighted by atomic mass is 9.36. The number of allylic oxidation sites excluding steroid dienone is 4. The SMILES string of the molecule is CCC1(C23CC4CC(CC(C=CC(=O)OCC(C)C)(C4)C2)C3)CC=CC(C)(C=CC(=O)OCC(C)C)C1. The Bertz CT molecular complexity index is 926. The van der Waals surface area contributed by atoms with Gasteiger partial charge in [-0.3, -0.25) is 0 Å². The summed E-state index contributed by atoms with van der Waals surface area (Å²) in [5.41, 5.74) is 0.461. The van der Waals surface area contributed by atoms with Gasteiger partial charge in [0, 0.05) is 17.6 Å². The molecule has 0 aliphatic heterocycles. The van der Waals surface area contributed by atoms with E-state index in [4.69, 9.17) is 9.47 Å². The van der Waals surface area contributed by atoms with Crippen LogP contribution in [0.25, 0.3) is 0 Å². The maximum atomic E-state index is 12.5. The molecule has 4 atom stereocenters. The predicted molar refractivity (Wildman–Crippen MR) is 149 cm³/mol. The second-order valence-corrected chi connectivity index (χ2v) is 14.2. The minimum absolute atomic E-state index is 0.122. The number of ether oxygens (including phenoxy) is 2. The molecule has 4 bridgehead atoms. The monoisotopic (exact) mass is 510 g/mol. The number of rotatable bonds is 10. The molecule has 0 aromatic heterocycles. The fourth-order valence-electron chi connectivity index (χ4n) is 8.82. The molecule has 0 N–H and O–H groups in total. The van der Waals surface area contributed by atoms with Gasteiger partial charge >= 0.3 is 11.9 Å². The topological polar surface area (TPSA) is 52.6 Å². The third-order valence-corrected chi connectivity index (χ3v) is 9.93. The van der Waals surface area contributed by atoms with Crippen molar-refractivity contribution in [2.45, 2.75) is 99.3 Å². The zero-order valence-electron chi connectivity index (χ0n) is 24.2. The van der Waals surface area contributed by atoms with Crippen molar-refractivity contribution < 1.29 is 19.1 Å². The molecule has 0 aromatic carbocycles. The summed E-state index contributed by atoms with van der Waals surface area (Å²) in [6.07, 6.45) is 23.4. The van der Waals surface area contributed by atoms with Crippen molar-refractivity contribution in [2.24, 2.45) is 45.3 Å². The van der Waals surface area contributed by atoms with E-state index in [0.717, 1.165) is 31.1 Å². The van der Waals surface area contributed by atoms with E-state index in [9.17, 15) is 9.59 Å². The average molecular weight is 511 g/mol. The Morgan fingerprint density at radius 1 is 0.892 bits per heavy atom. The van der Waals surface area contributed by atoms with Gasteiger partial charge in [0.15, 0.2) is 0 Å². The Morgan fingerprint density at radius 2 is 1.46 bits per heavy atom. The fourth-order valence-corrected chi connectivity index (χ4v) is 8.82.